The van der Waals surface area contributed by atoms with E-state index in [4.69, 9.17) is 4.98 Å². The molecular formula is C37H64N2. The molecule has 222 valence electrons. The molecule has 1 heterocycles. The van der Waals surface area contributed by atoms with Gasteiger partial charge in [0.2, 0.25) is 0 Å². The van der Waals surface area contributed by atoms with Crippen LogP contribution < -0.4 is 0 Å². The highest BCUT2D eigenvalue weighted by Crippen LogP contribution is 2.16. The van der Waals surface area contributed by atoms with E-state index in [2.05, 4.69) is 54.9 Å². The van der Waals surface area contributed by atoms with E-state index in [1.165, 1.54) is 158 Å². The molecule has 0 N–H and O–H groups in total. The van der Waals surface area contributed by atoms with Crippen LogP contribution in [-0.2, 0) is 25.8 Å². The molecule has 2 rings (SSSR count). The molecule has 1 aromatic heterocycles. The van der Waals surface area contributed by atoms with Crippen LogP contribution in [0.15, 0.2) is 36.5 Å². The van der Waals surface area contributed by atoms with Crippen molar-refractivity contribution in [3.63, 3.8) is 0 Å². The second-order valence-electron chi connectivity index (χ2n) is 12.1. The van der Waals surface area contributed by atoms with Gasteiger partial charge in [0.25, 0.3) is 0 Å². The van der Waals surface area contributed by atoms with E-state index in [0.717, 1.165) is 25.8 Å². The lowest BCUT2D eigenvalue weighted by Gasteiger charge is -2.08. The molecule has 0 aliphatic rings. The van der Waals surface area contributed by atoms with Gasteiger partial charge in [-0.3, -0.25) is 0 Å². The van der Waals surface area contributed by atoms with Crippen molar-refractivity contribution in [2.24, 2.45) is 0 Å². The SMILES string of the molecule is CCCCCCCCCCCCCCCc1nc(CCCc2ccccc2)cn1CCCCCCCCCC. The van der Waals surface area contributed by atoms with Crippen molar-refractivity contribution in [1.29, 1.82) is 0 Å². The Morgan fingerprint density at radius 3 is 1.51 bits per heavy atom. The quantitative estimate of drug-likeness (QED) is 0.104. The Morgan fingerprint density at radius 1 is 0.487 bits per heavy atom. The van der Waals surface area contributed by atoms with Crippen LogP contribution in [0.5, 0.6) is 0 Å². The molecule has 0 bridgehead atoms. The predicted octanol–water partition coefficient (Wildman–Crippen LogP) is 11.8. The summed E-state index contributed by atoms with van der Waals surface area (Å²) in [4.78, 5) is 5.15. The average molecular weight is 537 g/mol. The van der Waals surface area contributed by atoms with Crippen molar-refractivity contribution in [3.05, 3.63) is 53.6 Å². The van der Waals surface area contributed by atoms with E-state index in [-0.39, 0.29) is 0 Å². The zero-order valence-electron chi connectivity index (χ0n) is 26.2. The lowest BCUT2D eigenvalue weighted by atomic mass is 10.0. The van der Waals surface area contributed by atoms with Crippen molar-refractivity contribution in [2.45, 2.75) is 181 Å². The molecular weight excluding hydrogens is 472 g/mol. The maximum absolute atomic E-state index is 5.15. The van der Waals surface area contributed by atoms with Crippen molar-refractivity contribution >= 4 is 0 Å². The Kier molecular flexibility index (Phi) is 20.9. The first-order chi connectivity index (χ1) is 19.3. The average Bonchev–Trinajstić information content (AvgIpc) is 3.34. The van der Waals surface area contributed by atoms with E-state index < -0.39 is 0 Å². The number of aryl methyl sites for hydroxylation is 4. The molecule has 0 aliphatic carbocycles. The Morgan fingerprint density at radius 2 is 0.974 bits per heavy atom. The first-order valence-electron chi connectivity index (χ1n) is 17.4. The van der Waals surface area contributed by atoms with Gasteiger partial charge in [0, 0.05) is 19.2 Å². The molecule has 39 heavy (non-hydrogen) atoms. The maximum atomic E-state index is 5.15. The summed E-state index contributed by atoms with van der Waals surface area (Å²) < 4.78 is 2.52. The van der Waals surface area contributed by atoms with Crippen molar-refractivity contribution in [2.75, 3.05) is 0 Å². The number of benzene rings is 1. The Labute approximate surface area is 243 Å². The lowest BCUT2D eigenvalue weighted by Crippen LogP contribution is -2.03. The molecule has 0 saturated heterocycles. The third kappa shape index (κ3) is 17.7. The molecule has 0 saturated carbocycles. The van der Waals surface area contributed by atoms with Crippen LogP contribution in [0.3, 0.4) is 0 Å². The Hall–Kier alpha value is -1.57. The van der Waals surface area contributed by atoms with Crippen molar-refractivity contribution in [3.8, 4) is 0 Å². The van der Waals surface area contributed by atoms with Gasteiger partial charge in [-0.15, -0.1) is 0 Å². The summed E-state index contributed by atoms with van der Waals surface area (Å²) in [5.41, 5.74) is 2.76. The molecule has 0 atom stereocenters. The largest absolute Gasteiger partial charge is 0.335 e. The van der Waals surface area contributed by atoms with Crippen LogP contribution in [0.1, 0.15) is 172 Å². The monoisotopic (exact) mass is 537 g/mol. The van der Waals surface area contributed by atoms with Gasteiger partial charge in [0.05, 0.1) is 5.69 Å². The Balaban J connectivity index is 1.64. The first-order valence-corrected chi connectivity index (χ1v) is 17.4. The third-order valence-electron chi connectivity index (χ3n) is 8.41. The number of nitrogens with zero attached hydrogens (tertiary/aromatic N) is 2. The second-order valence-corrected chi connectivity index (χ2v) is 12.1. The smallest absolute Gasteiger partial charge is 0.108 e. The first kappa shape index (κ1) is 33.6. The van der Waals surface area contributed by atoms with E-state index in [1.54, 1.807) is 0 Å². The minimum atomic E-state index is 1.10. The molecule has 2 nitrogen and oxygen atoms in total. The summed E-state index contributed by atoms with van der Waals surface area (Å²) in [5, 5.41) is 0. The molecule has 2 heteroatoms. The van der Waals surface area contributed by atoms with Gasteiger partial charge in [0.1, 0.15) is 5.82 Å². The van der Waals surface area contributed by atoms with Crippen LogP contribution in [0.25, 0.3) is 0 Å². The number of imidazole rings is 1. The number of rotatable bonds is 27. The van der Waals surface area contributed by atoms with Crippen LogP contribution in [0.4, 0.5) is 0 Å². The van der Waals surface area contributed by atoms with Gasteiger partial charge in [0.15, 0.2) is 0 Å². The summed E-state index contributed by atoms with van der Waals surface area (Å²) in [6, 6.07) is 10.9. The standard InChI is InChI=1S/C37H64N2/c1-3-5-7-9-11-13-14-15-16-17-18-20-25-32-37-38-36(31-27-30-35-28-23-22-24-29-35)34-39(37)33-26-21-19-12-10-8-6-4-2/h22-24,28-29,34H,3-21,25-27,30-33H2,1-2H3. The summed E-state index contributed by atoms with van der Waals surface area (Å²) in [6.07, 6.45) is 36.5. The highest BCUT2D eigenvalue weighted by molar-refractivity contribution is 5.15. The van der Waals surface area contributed by atoms with Crippen LogP contribution in [0, 0.1) is 0 Å². The van der Waals surface area contributed by atoms with Gasteiger partial charge in [-0.1, -0.05) is 166 Å². The number of aromatic nitrogens is 2. The minimum Gasteiger partial charge on any atom is -0.335 e. The molecule has 0 amide bonds. The van der Waals surface area contributed by atoms with Crippen molar-refractivity contribution in [1.82, 2.24) is 9.55 Å². The van der Waals surface area contributed by atoms with E-state index >= 15 is 0 Å². The van der Waals surface area contributed by atoms with Crippen LogP contribution >= 0.6 is 0 Å². The molecule has 2 aromatic rings. The highest BCUT2D eigenvalue weighted by atomic mass is 15.1. The highest BCUT2D eigenvalue weighted by Gasteiger charge is 2.08. The topological polar surface area (TPSA) is 17.8 Å². The van der Waals surface area contributed by atoms with Gasteiger partial charge in [-0.05, 0) is 37.7 Å². The van der Waals surface area contributed by atoms with Gasteiger partial charge >= 0.3 is 0 Å². The summed E-state index contributed by atoms with van der Waals surface area (Å²) in [5.74, 6) is 1.36. The summed E-state index contributed by atoms with van der Waals surface area (Å²) in [7, 11) is 0. The third-order valence-corrected chi connectivity index (χ3v) is 8.41. The molecule has 0 radical (unpaired) electrons. The second kappa shape index (κ2) is 24.2. The minimum absolute atomic E-state index is 1.10. The van der Waals surface area contributed by atoms with Crippen molar-refractivity contribution < 1.29 is 0 Å². The van der Waals surface area contributed by atoms with E-state index in [1.807, 2.05) is 0 Å². The zero-order chi connectivity index (χ0) is 27.6. The maximum Gasteiger partial charge on any atom is 0.108 e. The van der Waals surface area contributed by atoms with Crippen LogP contribution in [0.2, 0.25) is 0 Å². The summed E-state index contributed by atoms with van der Waals surface area (Å²) >= 11 is 0. The molecule has 1 aromatic carbocycles. The van der Waals surface area contributed by atoms with E-state index in [0.29, 0.717) is 0 Å². The zero-order valence-corrected chi connectivity index (χ0v) is 26.2. The number of hydrogen-bond acceptors (Lipinski definition) is 1. The summed E-state index contributed by atoms with van der Waals surface area (Å²) in [6.45, 7) is 5.77. The molecule has 0 aliphatic heterocycles. The van der Waals surface area contributed by atoms with Gasteiger partial charge < -0.3 is 4.57 Å². The van der Waals surface area contributed by atoms with Crippen LogP contribution in [-0.4, -0.2) is 9.55 Å². The fourth-order valence-corrected chi connectivity index (χ4v) is 5.86. The van der Waals surface area contributed by atoms with Gasteiger partial charge in [-0.2, -0.15) is 0 Å². The van der Waals surface area contributed by atoms with Gasteiger partial charge in [-0.25, -0.2) is 4.98 Å². The number of unbranched alkanes of at least 4 members (excludes halogenated alkanes) is 19. The lowest BCUT2D eigenvalue weighted by molar-refractivity contribution is 0.523. The fraction of sp³-hybridized carbons (Fsp3) is 0.757. The fourth-order valence-electron chi connectivity index (χ4n) is 5.86. The normalized spacial score (nSPS) is 11.4. The molecule has 0 unspecified atom stereocenters. The number of hydrogen-bond donors (Lipinski definition) is 0. The Bertz CT molecular complexity index is 778. The predicted molar refractivity (Wildman–Crippen MR) is 173 cm³/mol. The molecule has 0 fully saturated rings. The molecule has 0 spiro atoms. The van der Waals surface area contributed by atoms with E-state index in [9.17, 15) is 0 Å².